The van der Waals surface area contributed by atoms with Crippen LogP contribution in [0.2, 0.25) is 0 Å². The first kappa shape index (κ1) is 23.2. The van der Waals surface area contributed by atoms with E-state index in [2.05, 4.69) is 62.3 Å². The van der Waals surface area contributed by atoms with Crippen molar-refractivity contribution in [3.05, 3.63) is 24.2 Å². The van der Waals surface area contributed by atoms with Gasteiger partial charge in [-0.3, -0.25) is 9.89 Å². The second-order valence-electron chi connectivity index (χ2n) is 7.59. The average Bonchev–Trinajstić information content (AvgIpc) is 2.97. The third kappa shape index (κ3) is 8.92. The largest absolute Gasteiger partial charge is 0.468 e. The predicted molar refractivity (Wildman–Crippen MR) is 113 cm³/mol. The van der Waals surface area contributed by atoms with Gasteiger partial charge < -0.3 is 15.1 Å². The zero-order valence-electron chi connectivity index (χ0n) is 16.2. The van der Waals surface area contributed by atoms with Crippen molar-refractivity contribution in [1.82, 2.24) is 15.5 Å². The molecule has 0 aromatic carbocycles. The van der Waals surface area contributed by atoms with Crippen LogP contribution in [0.3, 0.4) is 0 Å². The van der Waals surface area contributed by atoms with Gasteiger partial charge in [-0.25, -0.2) is 0 Å². The minimum atomic E-state index is 0. The Labute approximate surface area is 164 Å². The molecule has 1 aromatic rings. The molecule has 0 saturated heterocycles. The Morgan fingerprint density at radius 3 is 2.46 bits per heavy atom. The predicted octanol–water partition coefficient (Wildman–Crippen LogP) is 3.88. The van der Waals surface area contributed by atoms with E-state index in [1.54, 1.807) is 6.26 Å². The molecule has 1 aromatic heterocycles. The van der Waals surface area contributed by atoms with E-state index >= 15 is 0 Å². The standard InChI is InChI=1S/C18H34N4O.HI/c1-14(10-11-18(2,3)4)21-17(19-5)20-13-15(22(6)7)16-9-8-12-23-16;/h8-9,12,14-15H,10-11,13H2,1-7H3,(H2,19,20,21);1H. The molecule has 0 aliphatic rings. The second-order valence-corrected chi connectivity index (χ2v) is 7.59. The molecule has 0 radical (unpaired) electrons. The van der Waals surface area contributed by atoms with Gasteiger partial charge in [-0.15, -0.1) is 24.0 Å². The summed E-state index contributed by atoms with van der Waals surface area (Å²) in [5, 5.41) is 6.87. The monoisotopic (exact) mass is 450 g/mol. The number of nitrogens with one attached hydrogen (secondary N) is 2. The van der Waals surface area contributed by atoms with Gasteiger partial charge in [-0.05, 0) is 51.4 Å². The normalized spacial score (nSPS) is 14.9. The van der Waals surface area contributed by atoms with Gasteiger partial charge in [0.1, 0.15) is 5.76 Å². The van der Waals surface area contributed by atoms with Crippen molar-refractivity contribution in [2.45, 2.75) is 52.6 Å². The average molecular weight is 450 g/mol. The van der Waals surface area contributed by atoms with E-state index in [1.807, 2.05) is 19.2 Å². The van der Waals surface area contributed by atoms with Crippen LogP contribution in [0.4, 0.5) is 0 Å². The smallest absolute Gasteiger partial charge is 0.191 e. The van der Waals surface area contributed by atoms with Crippen LogP contribution in [0.15, 0.2) is 27.8 Å². The maximum absolute atomic E-state index is 5.54. The molecule has 0 aliphatic heterocycles. The number of halogens is 1. The summed E-state index contributed by atoms with van der Waals surface area (Å²) in [5.74, 6) is 1.79. The fraction of sp³-hybridized carbons (Fsp3) is 0.722. The first-order valence-corrected chi connectivity index (χ1v) is 8.40. The highest BCUT2D eigenvalue weighted by molar-refractivity contribution is 14.0. The first-order valence-electron chi connectivity index (χ1n) is 8.40. The maximum Gasteiger partial charge on any atom is 0.191 e. The lowest BCUT2D eigenvalue weighted by atomic mass is 9.89. The third-order valence-electron chi connectivity index (χ3n) is 3.89. The van der Waals surface area contributed by atoms with Gasteiger partial charge in [-0.1, -0.05) is 20.8 Å². The Hall–Kier alpha value is -0.760. The highest BCUT2D eigenvalue weighted by Gasteiger charge is 2.18. The lowest BCUT2D eigenvalue weighted by Gasteiger charge is -2.26. The molecular formula is C18H35IN4O. The van der Waals surface area contributed by atoms with Gasteiger partial charge in [0.2, 0.25) is 0 Å². The quantitative estimate of drug-likeness (QED) is 0.376. The summed E-state index contributed by atoms with van der Waals surface area (Å²) in [7, 11) is 5.91. The van der Waals surface area contributed by atoms with Gasteiger partial charge in [0, 0.05) is 19.6 Å². The molecule has 1 heterocycles. The van der Waals surface area contributed by atoms with Crippen LogP contribution in [0.5, 0.6) is 0 Å². The molecule has 24 heavy (non-hydrogen) atoms. The molecule has 0 aliphatic carbocycles. The lowest BCUT2D eigenvalue weighted by Crippen LogP contribution is -2.45. The van der Waals surface area contributed by atoms with Crippen LogP contribution in [0, 0.1) is 5.41 Å². The molecule has 1 rings (SSSR count). The molecule has 0 amide bonds. The van der Waals surface area contributed by atoms with Crippen molar-refractivity contribution < 1.29 is 4.42 Å². The molecular weight excluding hydrogens is 415 g/mol. The summed E-state index contributed by atoms with van der Waals surface area (Å²) in [6.45, 7) is 9.77. The maximum atomic E-state index is 5.54. The summed E-state index contributed by atoms with van der Waals surface area (Å²) in [5.41, 5.74) is 0.363. The fourth-order valence-electron chi connectivity index (χ4n) is 2.36. The number of hydrogen-bond acceptors (Lipinski definition) is 3. The number of hydrogen-bond donors (Lipinski definition) is 2. The SMILES string of the molecule is CN=C(NCC(c1ccco1)N(C)C)NC(C)CCC(C)(C)C.I. The van der Waals surface area contributed by atoms with Crippen molar-refractivity contribution in [3.8, 4) is 0 Å². The van der Waals surface area contributed by atoms with E-state index in [1.165, 1.54) is 6.42 Å². The molecule has 0 bridgehead atoms. The molecule has 0 fully saturated rings. The molecule has 2 atom stereocenters. The third-order valence-corrected chi connectivity index (χ3v) is 3.89. The Kier molecular flexibility index (Phi) is 10.6. The minimum Gasteiger partial charge on any atom is -0.468 e. The highest BCUT2D eigenvalue weighted by Crippen LogP contribution is 2.21. The van der Waals surface area contributed by atoms with E-state index in [0.717, 1.165) is 24.7 Å². The summed E-state index contributed by atoms with van der Waals surface area (Å²) in [4.78, 5) is 6.47. The van der Waals surface area contributed by atoms with Crippen molar-refractivity contribution in [3.63, 3.8) is 0 Å². The number of nitrogens with zero attached hydrogens (tertiary/aromatic N) is 2. The number of rotatable bonds is 7. The van der Waals surface area contributed by atoms with Gasteiger partial charge in [0.15, 0.2) is 5.96 Å². The van der Waals surface area contributed by atoms with E-state index < -0.39 is 0 Å². The van der Waals surface area contributed by atoms with Crippen molar-refractivity contribution >= 4 is 29.9 Å². The minimum absolute atomic E-state index is 0. The summed E-state index contributed by atoms with van der Waals surface area (Å²) >= 11 is 0. The molecule has 0 spiro atoms. The number of likely N-dealkylation sites (N-methyl/N-ethyl adjacent to an activating group) is 1. The molecule has 0 saturated carbocycles. The number of furan rings is 1. The molecule has 140 valence electrons. The van der Waals surface area contributed by atoms with Crippen LogP contribution < -0.4 is 10.6 Å². The van der Waals surface area contributed by atoms with Crippen LogP contribution in [0.1, 0.15) is 52.3 Å². The second kappa shape index (κ2) is 11.0. The fourth-order valence-corrected chi connectivity index (χ4v) is 2.36. The number of aliphatic imine (C=N–C) groups is 1. The molecule has 2 N–H and O–H groups in total. The zero-order valence-corrected chi connectivity index (χ0v) is 18.5. The van der Waals surface area contributed by atoms with E-state index in [9.17, 15) is 0 Å². The molecule has 6 heteroatoms. The zero-order chi connectivity index (χ0) is 17.5. The Morgan fingerprint density at radius 2 is 2.00 bits per heavy atom. The van der Waals surface area contributed by atoms with Crippen LogP contribution >= 0.6 is 24.0 Å². The molecule has 5 nitrogen and oxygen atoms in total. The van der Waals surface area contributed by atoms with E-state index in [0.29, 0.717) is 11.5 Å². The topological polar surface area (TPSA) is 52.8 Å². The van der Waals surface area contributed by atoms with Gasteiger partial charge in [0.05, 0.1) is 12.3 Å². The number of guanidine groups is 1. The van der Waals surface area contributed by atoms with Crippen LogP contribution in [-0.4, -0.2) is 44.6 Å². The first-order chi connectivity index (χ1) is 10.7. The van der Waals surface area contributed by atoms with Crippen molar-refractivity contribution in [2.24, 2.45) is 10.4 Å². The van der Waals surface area contributed by atoms with Crippen LogP contribution in [-0.2, 0) is 0 Å². The van der Waals surface area contributed by atoms with Crippen molar-refractivity contribution in [1.29, 1.82) is 0 Å². The van der Waals surface area contributed by atoms with E-state index in [4.69, 9.17) is 4.42 Å². The van der Waals surface area contributed by atoms with Gasteiger partial charge in [0.25, 0.3) is 0 Å². The lowest BCUT2D eigenvalue weighted by molar-refractivity contribution is 0.257. The highest BCUT2D eigenvalue weighted by atomic mass is 127. The van der Waals surface area contributed by atoms with Gasteiger partial charge in [-0.2, -0.15) is 0 Å². The summed E-state index contributed by atoms with van der Waals surface area (Å²) in [6.07, 6.45) is 4.03. The molecule has 2 unspecified atom stereocenters. The summed E-state index contributed by atoms with van der Waals surface area (Å²) < 4.78 is 5.54. The van der Waals surface area contributed by atoms with Crippen molar-refractivity contribution in [2.75, 3.05) is 27.7 Å². The Morgan fingerprint density at radius 1 is 1.33 bits per heavy atom. The Balaban J connectivity index is 0.00000529. The van der Waals surface area contributed by atoms with Gasteiger partial charge >= 0.3 is 0 Å². The summed E-state index contributed by atoms with van der Waals surface area (Å²) in [6, 6.07) is 4.50. The van der Waals surface area contributed by atoms with Crippen LogP contribution in [0.25, 0.3) is 0 Å². The Bertz CT molecular complexity index is 466. The van der Waals surface area contributed by atoms with E-state index in [-0.39, 0.29) is 30.0 Å².